The van der Waals surface area contributed by atoms with Crippen molar-refractivity contribution in [2.75, 3.05) is 5.32 Å². The van der Waals surface area contributed by atoms with Crippen LogP contribution < -0.4 is 16.6 Å². The summed E-state index contributed by atoms with van der Waals surface area (Å²) in [5.41, 5.74) is 6.85. The average molecular weight is 405 g/mol. The quantitative estimate of drug-likeness (QED) is 0.696. The fourth-order valence-corrected chi connectivity index (χ4v) is 3.90. The number of nitrogens with zero attached hydrogens (tertiary/aromatic N) is 2. The molecule has 9 heteroatoms. The van der Waals surface area contributed by atoms with Gasteiger partial charge in [-0.25, -0.2) is 4.98 Å². The first-order chi connectivity index (χ1) is 12.7. The first-order valence-electron chi connectivity index (χ1n) is 8.07. The monoisotopic (exact) mass is 404 g/mol. The van der Waals surface area contributed by atoms with Crippen LogP contribution in [0.4, 0.5) is 5.69 Å². The number of fused-ring (bicyclic) bond motifs is 1. The fraction of sp³-hybridized carbons (Fsp3) is 0.222. The van der Waals surface area contributed by atoms with E-state index < -0.39 is 17.5 Å². The van der Waals surface area contributed by atoms with Gasteiger partial charge >= 0.3 is 0 Å². The Morgan fingerprint density at radius 1 is 1.33 bits per heavy atom. The molecule has 2 amide bonds. The zero-order chi connectivity index (χ0) is 19.9. The second-order valence-electron chi connectivity index (χ2n) is 6.18. The minimum Gasteiger partial charge on any atom is -0.365 e. The topological polar surface area (TPSA) is 107 Å². The number of carbonyl (C=O) groups excluding carboxylic acids is 2. The first kappa shape index (κ1) is 19.1. The Labute approximate surface area is 163 Å². The van der Waals surface area contributed by atoms with Crippen molar-refractivity contribution in [1.82, 2.24) is 9.55 Å². The van der Waals surface area contributed by atoms with Gasteiger partial charge in [-0.2, -0.15) is 0 Å². The maximum Gasteiger partial charge on any atom is 0.263 e. The van der Waals surface area contributed by atoms with Crippen molar-refractivity contribution in [3.63, 3.8) is 0 Å². The van der Waals surface area contributed by atoms with E-state index in [9.17, 15) is 14.4 Å². The molecule has 7 nitrogen and oxygen atoms in total. The Morgan fingerprint density at radius 2 is 2.04 bits per heavy atom. The van der Waals surface area contributed by atoms with Crippen LogP contribution in [-0.4, -0.2) is 21.4 Å². The van der Waals surface area contributed by atoms with Gasteiger partial charge in [0.05, 0.1) is 16.6 Å². The number of amides is 2. The number of anilines is 1. The van der Waals surface area contributed by atoms with Gasteiger partial charge in [0.15, 0.2) is 0 Å². The van der Waals surface area contributed by atoms with Crippen molar-refractivity contribution < 1.29 is 9.59 Å². The number of benzene rings is 1. The highest BCUT2D eigenvalue weighted by Gasteiger charge is 2.22. The summed E-state index contributed by atoms with van der Waals surface area (Å²) in [6.45, 7) is 5.09. The predicted octanol–water partition coefficient (Wildman–Crippen LogP) is 3.03. The number of rotatable bonds is 4. The molecule has 0 fully saturated rings. The van der Waals surface area contributed by atoms with Crippen molar-refractivity contribution in [2.24, 2.45) is 5.73 Å². The Kier molecular flexibility index (Phi) is 5.03. The van der Waals surface area contributed by atoms with Crippen LogP contribution in [0.15, 0.2) is 29.3 Å². The highest BCUT2D eigenvalue weighted by Crippen LogP contribution is 2.27. The van der Waals surface area contributed by atoms with Gasteiger partial charge in [-0.05, 0) is 44.0 Å². The van der Waals surface area contributed by atoms with E-state index >= 15 is 0 Å². The van der Waals surface area contributed by atoms with Crippen LogP contribution in [0, 0.1) is 13.8 Å². The van der Waals surface area contributed by atoms with E-state index in [0.717, 1.165) is 16.9 Å². The minimum absolute atomic E-state index is 0.291. The highest BCUT2D eigenvalue weighted by molar-refractivity contribution is 7.20. The zero-order valence-corrected chi connectivity index (χ0v) is 16.4. The Balaban J connectivity index is 1.99. The molecule has 3 N–H and O–H groups in total. The van der Waals surface area contributed by atoms with Crippen LogP contribution in [0.2, 0.25) is 5.02 Å². The summed E-state index contributed by atoms with van der Waals surface area (Å²) >= 11 is 7.05. The van der Waals surface area contributed by atoms with Crippen molar-refractivity contribution >= 4 is 50.7 Å². The summed E-state index contributed by atoms with van der Waals surface area (Å²) in [5.74, 6) is -0.990. The van der Waals surface area contributed by atoms with E-state index in [0.29, 0.717) is 31.4 Å². The molecule has 140 valence electrons. The number of aromatic nitrogens is 2. The number of halogens is 1. The summed E-state index contributed by atoms with van der Waals surface area (Å²) in [5, 5.41) is 3.58. The van der Waals surface area contributed by atoms with E-state index in [2.05, 4.69) is 10.3 Å². The lowest BCUT2D eigenvalue weighted by molar-refractivity contribution is -0.118. The van der Waals surface area contributed by atoms with Gasteiger partial charge in [0, 0.05) is 10.7 Å². The van der Waals surface area contributed by atoms with Crippen LogP contribution in [0.5, 0.6) is 0 Å². The highest BCUT2D eigenvalue weighted by atomic mass is 35.5. The molecule has 0 unspecified atom stereocenters. The molecule has 27 heavy (non-hydrogen) atoms. The molecule has 1 aromatic carbocycles. The van der Waals surface area contributed by atoms with Crippen molar-refractivity contribution in [1.29, 1.82) is 0 Å². The van der Waals surface area contributed by atoms with E-state index in [4.69, 9.17) is 17.3 Å². The molecule has 0 radical (unpaired) electrons. The summed E-state index contributed by atoms with van der Waals surface area (Å²) in [6, 6.07) is 4.36. The molecular weight excluding hydrogens is 388 g/mol. The molecule has 0 aliphatic carbocycles. The number of primary amides is 1. The van der Waals surface area contributed by atoms with Gasteiger partial charge in [0.25, 0.3) is 11.5 Å². The van der Waals surface area contributed by atoms with E-state index in [1.165, 1.54) is 10.9 Å². The molecule has 0 bridgehead atoms. The van der Waals surface area contributed by atoms with E-state index in [1.54, 1.807) is 32.0 Å². The number of hydrogen-bond donors (Lipinski definition) is 2. The van der Waals surface area contributed by atoms with E-state index in [-0.39, 0.29) is 5.91 Å². The zero-order valence-electron chi connectivity index (χ0n) is 14.9. The molecular formula is C18H17ClN4O3S. The molecule has 3 aromatic rings. The van der Waals surface area contributed by atoms with E-state index in [1.807, 2.05) is 6.92 Å². The van der Waals surface area contributed by atoms with Crippen molar-refractivity contribution in [2.45, 2.75) is 26.8 Å². The molecule has 2 aromatic heterocycles. The molecule has 0 saturated carbocycles. The SMILES string of the molecule is Cc1ccc(Cl)cc1NC(=O)[C@H](C)n1cnc2sc(C(N)=O)c(C)c2c1=O. The van der Waals surface area contributed by atoms with Crippen molar-refractivity contribution in [3.05, 3.63) is 55.9 Å². The number of aryl methyl sites for hydroxylation is 2. The van der Waals surface area contributed by atoms with Crippen LogP contribution in [0.3, 0.4) is 0 Å². The van der Waals surface area contributed by atoms with Crippen LogP contribution in [0.1, 0.15) is 33.8 Å². The third-order valence-electron chi connectivity index (χ3n) is 4.35. The molecule has 3 rings (SSSR count). The summed E-state index contributed by atoms with van der Waals surface area (Å²) in [7, 11) is 0. The largest absolute Gasteiger partial charge is 0.365 e. The molecule has 0 spiro atoms. The van der Waals surface area contributed by atoms with Crippen LogP contribution in [-0.2, 0) is 4.79 Å². The van der Waals surface area contributed by atoms with Crippen LogP contribution >= 0.6 is 22.9 Å². The molecule has 0 aliphatic rings. The summed E-state index contributed by atoms with van der Waals surface area (Å²) in [4.78, 5) is 42.0. The number of carbonyl (C=O) groups is 2. The number of nitrogens with two attached hydrogens (primary N) is 1. The lowest BCUT2D eigenvalue weighted by Crippen LogP contribution is -2.32. The average Bonchev–Trinajstić information content (AvgIpc) is 2.95. The van der Waals surface area contributed by atoms with Gasteiger partial charge in [0.1, 0.15) is 10.9 Å². The Morgan fingerprint density at radius 3 is 2.70 bits per heavy atom. The summed E-state index contributed by atoms with van der Waals surface area (Å²) < 4.78 is 1.24. The molecule has 0 saturated heterocycles. The maximum absolute atomic E-state index is 12.9. The predicted molar refractivity (Wildman–Crippen MR) is 107 cm³/mol. The minimum atomic E-state index is -0.816. The van der Waals surface area contributed by atoms with Gasteiger partial charge in [-0.15, -0.1) is 11.3 Å². The fourth-order valence-electron chi connectivity index (χ4n) is 2.74. The van der Waals surface area contributed by atoms with Crippen molar-refractivity contribution in [3.8, 4) is 0 Å². The molecule has 0 aliphatic heterocycles. The van der Waals surface area contributed by atoms with Gasteiger partial charge in [-0.1, -0.05) is 17.7 Å². The Bertz CT molecular complexity index is 1140. The number of thiophene rings is 1. The lowest BCUT2D eigenvalue weighted by atomic mass is 10.2. The third kappa shape index (κ3) is 3.45. The van der Waals surface area contributed by atoms with Gasteiger partial charge in [0.2, 0.25) is 5.91 Å². The number of nitrogens with one attached hydrogen (secondary N) is 1. The first-order valence-corrected chi connectivity index (χ1v) is 9.27. The lowest BCUT2D eigenvalue weighted by Gasteiger charge is -2.16. The van der Waals surface area contributed by atoms with Crippen LogP contribution in [0.25, 0.3) is 10.2 Å². The number of hydrogen-bond acceptors (Lipinski definition) is 5. The standard InChI is InChI=1S/C18H17ClN4O3S/c1-8-4-5-11(19)6-12(8)22-16(25)10(3)23-7-21-17-13(18(23)26)9(2)14(27-17)15(20)24/h4-7,10H,1-3H3,(H2,20,24)(H,22,25)/t10-/m0/s1. The second-order valence-corrected chi connectivity index (χ2v) is 7.62. The summed E-state index contributed by atoms with van der Waals surface area (Å²) in [6.07, 6.45) is 1.31. The third-order valence-corrected chi connectivity index (χ3v) is 5.80. The molecule has 1 atom stereocenters. The maximum atomic E-state index is 12.9. The Hall–Kier alpha value is -2.71. The smallest absolute Gasteiger partial charge is 0.263 e. The normalized spacial score (nSPS) is 12.1. The molecule has 2 heterocycles. The van der Waals surface area contributed by atoms with Gasteiger partial charge in [-0.3, -0.25) is 19.0 Å². The van der Waals surface area contributed by atoms with Gasteiger partial charge < -0.3 is 11.1 Å². The second kappa shape index (κ2) is 7.13.